The molecule has 18 heavy (non-hydrogen) atoms. The Hall–Kier alpha value is -1.35. The van der Waals surface area contributed by atoms with Gasteiger partial charge in [0.15, 0.2) is 11.5 Å². The molecule has 1 unspecified atom stereocenters. The van der Waals surface area contributed by atoms with Gasteiger partial charge in [0, 0.05) is 13.0 Å². The van der Waals surface area contributed by atoms with E-state index in [-0.39, 0.29) is 0 Å². The minimum Gasteiger partial charge on any atom is -0.441 e. The lowest BCUT2D eigenvalue weighted by Crippen LogP contribution is -2.34. The van der Waals surface area contributed by atoms with Gasteiger partial charge in [-0.05, 0) is 49.9 Å². The number of nitrogens with zero attached hydrogens (tertiary/aromatic N) is 1. The fraction of sp³-hybridized carbons (Fsp3) is 0.533. The molecule has 1 aromatic heterocycles. The average Bonchev–Trinajstić information content (AvgIpc) is 2.77. The van der Waals surface area contributed by atoms with E-state index in [0.29, 0.717) is 6.04 Å². The molecular weight excluding hydrogens is 224 g/mol. The van der Waals surface area contributed by atoms with Crippen LogP contribution in [0.1, 0.15) is 37.1 Å². The van der Waals surface area contributed by atoms with E-state index in [2.05, 4.69) is 28.5 Å². The lowest BCUT2D eigenvalue weighted by atomic mass is 9.98. The van der Waals surface area contributed by atoms with Crippen molar-refractivity contribution >= 4 is 11.1 Å². The maximum absolute atomic E-state index is 5.57. The van der Waals surface area contributed by atoms with Crippen molar-refractivity contribution in [2.24, 2.45) is 0 Å². The number of hydrogen-bond acceptors (Lipinski definition) is 3. The van der Waals surface area contributed by atoms with Crippen molar-refractivity contribution < 1.29 is 4.42 Å². The van der Waals surface area contributed by atoms with Crippen LogP contribution in [0.4, 0.5) is 0 Å². The highest BCUT2D eigenvalue weighted by atomic mass is 16.3. The molecule has 1 aromatic carbocycles. The highest BCUT2D eigenvalue weighted by Gasteiger charge is 2.12. The maximum Gasteiger partial charge on any atom is 0.192 e. The molecule has 96 valence electrons. The van der Waals surface area contributed by atoms with E-state index in [4.69, 9.17) is 4.42 Å². The van der Waals surface area contributed by atoms with Crippen molar-refractivity contribution in [1.29, 1.82) is 0 Å². The van der Waals surface area contributed by atoms with Crippen LogP contribution in [0.3, 0.4) is 0 Å². The molecule has 1 atom stereocenters. The monoisotopic (exact) mass is 244 g/mol. The quantitative estimate of drug-likeness (QED) is 0.901. The van der Waals surface area contributed by atoms with Crippen molar-refractivity contribution in [3.63, 3.8) is 0 Å². The van der Waals surface area contributed by atoms with E-state index in [1.165, 1.54) is 37.8 Å². The predicted octanol–water partition coefficient (Wildman–Crippen LogP) is 3.21. The molecule has 0 bridgehead atoms. The number of piperidine rings is 1. The van der Waals surface area contributed by atoms with Gasteiger partial charge >= 0.3 is 0 Å². The number of rotatable bonds is 3. The third kappa shape index (κ3) is 2.56. The minimum absolute atomic E-state index is 0.700. The molecule has 0 amide bonds. The van der Waals surface area contributed by atoms with E-state index in [0.717, 1.165) is 23.4 Å². The molecule has 0 radical (unpaired) electrons. The first kappa shape index (κ1) is 11.7. The predicted molar refractivity (Wildman–Crippen MR) is 72.7 cm³/mol. The van der Waals surface area contributed by atoms with Gasteiger partial charge < -0.3 is 9.73 Å². The summed E-state index contributed by atoms with van der Waals surface area (Å²) in [5, 5.41) is 3.59. The van der Waals surface area contributed by atoms with Gasteiger partial charge in [-0.1, -0.05) is 12.5 Å². The molecule has 0 aliphatic carbocycles. The summed E-state index contributed by atoms with van der Waals surface area (Å²) in [6, 6.07) is 7.08. The van der Waals surface area contributed by atoms with Crippen LogP contribution in [-0.2, 0) is 6.42 Å². The Kier molecular flexibility index (Phi) is 3.33. The molecular formula is C15H20N2O. The summed E-state index contributed by atoms with van der Waals surface area (Å²) in [5.41, 5.74) is 3.24. The van der Waals surface area contributed by atoms with Crippen molar-refractivity contribution in [3.8, 4) is 0 Å². The second-order valence-electron chi connectivity index (χ2n) is 5.22. The Labute approximate surface area is 108 Å². The summed E-state index contributed by atoms with van der Waals surface area (Å²) in [5.74, 6) is 0.746. The molecule has 1 N–H and O–H groups in total. The van der Waals surface area contributed by atoms with Crippen molar-refractivity contribution in [2.75, 3.05) is 6.54 Å². The summed E-state index contributed by atoms with van der Waals surface area (Å²) >= 11 is 0. The molecule has 3 nitrogen and oxygen atoms in total. The van der Waals surface area contributed by atoms with E-state index >= 15 is 0 Å². The molecule has 1 aliphatic heterocycles. The zero-order chi connectivity index (χ0) is 12.4. The van der Waals surface area contributed by atoms with Gasteiger partial charge in [0.05, 0.1) is 0 Å². The standard InChI is InChI=1S/C15H20N2O/c1-11-17-14-8-6-12(10-15(14)18-11)5-7-13-4-2-3-9-16-13/h6,8,10,13,16H,2-5,7,9H2,1H3. The van der Waals surface area contributed by atoms with Crippen LogP contribution in [0.5, 0.6) is 0 Å². The topological polar surface area (TPSA) is 38.1 Å². The highest BCUT2D eigenvalue weighted by Crippen LogP contribution is 2.19. The normalized spacial score (nSPS) is 20.4. The molecule has 1 aliphatic rings. The first-order chi connectivity index (χ1) is 8.81. The fourth-order valence-electron chi connectivity index (χ4n) is 2.75. The Morgan fingerprint density at radius 3 is 3.17 bits per heavy atom. The Morgan fingerprint density at radius 2 is 2.33 bits per heavy atom. The molecule has 0 saturated carbocycles. The third-order valence-corrected chi connectivity index (χ3v) is 3.75. The zero-order valence-corrected chi connectivity index (χ0v) is 10.9. The smallest absolute Gasteiger partial charge is 0.192 e. The number of nitrogens with one attached hydrogen (secondary N) is 1. The summed E-state index contributed by atoms with van der Waals surface area (Å²) < 4.78 is 5.57. The van der Waals surface area contributed by atoms with Crippen LogP contribution in [0.2, 0.25) is 0 Å². The molecule has 0 spiro atoms. The number of aryl methyl sites for hydroxylation is 2. The molecule has 1 fully saturated rings. The second kappa shape index (κ2) is 5.11. The minimum atomic E-state index is 0.700. The summed E-state index contributed by atoms with van der Waals surface area (Å²) in [6.45, 7) is 3.08. The summed E-state index contributed by atoms with van der Waals surface area (Å²) in [7, 11) is 0. The van der Waals surface area contributed by atoms with Crippen LogP contribution >= 0.6 is 0 Å². The van der Waals surface area contributed by atoms with Gasteiger partial charge in [-0.15, -0.1) is 0 Å². The van der Waals surface area contributed by atoms with Gasteiger partial charge in [0.25, 0.3) is 0 Å². The van der Waals surface area contributed by atoms with Gasteiger partial charge in [-0.3, -0.25) is 0 Å². The van der Waals surface area contributed by atoms with E-state index in [1.807, 2.05) is 6.92 Å². The lowest BCUT2D eigenvalue weighted by molar-refractivity contribution is 0.383. The summed E-state index contributed by atoms with van der Waals surface area (Å²) in [4.78, 5) is 4.33. The highest BCUT2D eigenvalue weighted by molar-refractivity contribution is 5.73. The van der Waals surface area contributed by atoms with Gasteiger partial charge in [0.2, 0.25) is 0 Å². The van der Waals surface area contributed by atoms with Crippen molar-refractivity contribution in [1.82, 2.24) is 10.3 Å². The van der Waals surface area contributed by atoms with Crippen LogP contribution in [-0.4, -0.2) is 17.6 Å². The molecule has 3 heteroatoms. The average molecular weight is 244 g/mol. The van der Waals surface area contributed by atoms with Gasteiger partial charge in [-0.2, -0.15) is 0 Å². The summed E-state index contributed by atoms with van der Waals surface area (Å²) in [6.07, 6.45) is 6.37. The largest absolute Gasteiger partial charge is 0.441 e. The van der Waals surface area contributed by atoms with E-state index in [9.17, 15) is 0 Å². The third-order valence-electron chi connectivity index (χ3n) is 3.75. The van der Waals surface area contributed by atoms with E-state index in [1.54, 1.807) is 0 Å². The van der Waals surface area contributed by atoms with Crippen molar-refractivity contribution in [3.05, 3.63) is 29.7 Å². The molecule has 1 saturated heterocycles. The number of oxazole rings is 1. The van der Waals surface area contributed by atoms with Crippen LogP contribution < -0.4 is 5.32 Å². The molecule has 2 heterocycles. The Bertz CT molecular complexity index is 526. The number of benzene rings is 1. The van der Waals surface area contributed by atoms with Crippen LogP contribution in [0, 0.1) is 6.92 Å². The number of aromatic nitrogens is 1. The van der Waals surface area contributed by atoms with Crippen LogP contribution in [0.15, 0.2) is 22.6 Å². The van der Waals surface area contributed by atoms with Gasteiger partial charge in [0.1, 0.15) is 5.52 Å². The van der Waals surface area contributed by atoms with Gasteiger partial charge in [-0.25, -0.2) is 4.98 Å². The number of fused-ring (bicyclic) bond motifs is 1. The number of hydrogen-bond donors (Lipinski definition) is 1. The maximum atomic E-state index is 5.57. The fourth-order valence-corrected chi connectivity index (χ4v) is 2.75. The SMILES string of the molecule is Cc1nc2ccc(CCC3CCCCN3)cc2o1. The Balaban J connectivity index is 1.66. The Morgan fingerprint density at radius 1 is 1.39 bits per heavy atom. The molecule has 3 rings (SSSR count). The zero-order valence-electron chi connectivity index (χ0n) is 10.9. The molecule has 2 aromatic rings. The first-order valence-electron chi connectivity index (χ1n) is 6.91. The lowest BCUT2D eigenvalue weighted by Gasteiger charge is -2.23. The van der Waals surface area contributed by atoms with E-state index < -0.39 is 0 Å². The van der Waals surface area contributed by atoms with Crippen LogP contribution in [0.25, 0.3) is 11.1 Å². The second-order valence-corrected chi connectivity index (χ2v) is 5.22. The first-order valence-corrected chi connectivity index (χ1v) is 6.91. The van der Waals surface area contributed by atoms with Crippen molar-refractivity contribution in [2.45, 2.75) is 45.1 Å².